The summed E-state index contributed by atoms with van der Waals surface area (Å²) in [5.41, 5.74) is 1.07. The molecule has 2 heterocycles. The fourth-order valence-electron chi connectivity index (χ4n) is 3.98. The molecule has 1 N–H and O–H groups in total. The van der Waals surface area contributed by atoms with Crippen LogP contribution >= 0.6 is 0 Å². The molecule has 6 nitrogen and oxygen atoms in total. The minimum Gasteiger partial charge on any atom is -0.481 e. The first-order chi connectivity index (χ1) is 12.5. The molecule has 0 aliphatic carbocycles. The van der Waals surface area contributed by atoms with Gasteiger partial charge in [0.1, 0.15) is 0 Å². The van der Waals surface area contributed by atoms with Crippen LogP contribution in [-0.4, -0.2) is 52.3 Å². The number of carbonyl (C=O) groups excluding carboxylic acids is 2. The third kappa shape index (κ3) is 4.62. The highest BCUT2D eigenvalue weighted by Gasteiger charge is 2.37. The number of carboxylic acids is 1. The summed E-state index contributed by atoms with van der Waals surface area (Å²) >= 11 is 0. The summed E-state index contributed by atoms with van der Waals surface area (Å²) in [6.45, 7) is 2.36. The molecule has 2 amide bonds. The zero-order chi connectivity index (χ0) is 18.5. The molecular weight excluding hydrogens is 332 g/mol. The first-order valence-electron chi connectivity index (χ1n) is 9.35. The number of benzene rings is 1. The van der Waals surface area contributed by atoms with E-state index in [1.165, 1.54) is 0 Å². The van der Waals surface area contributed by atoms with E-state index in [2.05, 4.69) is 0 Å². The van der Waals surface area contributed by atoms with Gasteiger partial charge in [0.15, 0.2) is 0 Å². The summed E-state index contributed by atoms with van der Waals surface area (Å²) in [7, 11) is 0. The Balaban J connectivity index is 1.54. The summed E-state index contributed by atoms with van der Waals surface area (Å²) in [5, 5.41) is 8.85. The maximum atomic E-state index is 12.9. The summed E-state index contributed by atoms with van der Waals surface area (Å²) in [6, 6.07) is 9.81. The van der Waals surface area contributed by atoms with Crippen molar-refractivity contribution in [3.05, 3.63) is 35.9 Å². The van der Waals surface area contributed by atoms with E-state index in [1.54, 1.807) is 4.90 Å². The molecule has 1 aromatic carbocycles. The Labute approximate surface area is 153 Å². The Morgan fingerprint density at radius 2 is 1.92 bits per heavy atom. The lowest BCUT2D eigenvalue weighted by Gasteiger charge is -2.34. The van der Waals surface area contributed by atoms with Gasteiger partial charge in [0.25, 0.3) is 0 Å². The first kappa shape index (κ1) is 18.4. The minimum absolute atomic E-state index is 0.0339. The fraction of sp³-hybridized carbons (Fsp3) is 0.550. The molecule has 0 bridgehead atoms. The van der Waals surface area contributed by atoms with Gasteiger partial charge in [-0.3, -0.25) is 14.4 Å². The molecule has 140 valence electrons. The average molecular weight is 358 g/mol. The van der Waals surface area contributed by atoms with Crippen molar-refractivity contribution < 1.29 is 19.5 Å². The lowest BCUT2D eigenvalue weighted by Crippen LogP contribution is -2.43. The quantitative estimate of drug-likeness (QED) is 0.845. The SMILES string of the molecule is O=C(O)CC[C@H]1CCCN(C(=O)[C@H]2CC(=O)N(Cc3ccccc3)C2)C1. The second-order valence-corrected chi connectivity index (χ2v) is 7.39. The predicted molar refractivity (Wildman–Crippen MR) is 96.1 cm³/mol. The Kier molecular flexibility index (Phi) is 5.91. The minimum atomic E-state index is -0.786. The molecule has 2 aliphatic rings. The number of amides is 2. The highest BCUT2D eigenvalue weighted by molar-refractivity contribution is 5.89. The van der Waals surface area contributed by atoms with Crippen molar-refractivity contribution in [2.75, 3.05) is 19.6 Å². The number of hydrogen-bond acceptors (Lipinski definition) is 3. The van der Waals surface area contributed by atoms with Crippen LogP contribution in [0.4, 0.5) is 0 Å². The van der Waals surface area contributed by atoms with Crippen molar-refractivity contribution in [3.8, 4) is 0 Å². The van der Waals surface area contributed by atoms with E-state index in [4.69, 9.17) is 5.11 Å². The number of piperidine rings is 1. The van der Waals surface area contributed by atoms with E-state index in [0.29, 0.717) is 32.6 Å². The van der Waals surface area contributed by atoms with Gasteiger partial charge in [-0.25, -0.2) is 0 Å². The molecule has 2 fully saturated rings. The van der Waals surface area contributed by atoms with Crippen LogP contribution in [0.15, 0.2) is 30.3 Å². The molecule has 1 aromatic rings. The zero-order valence-electron chi connectivity index (χ0n) is 15.0. The van der Waals surface area contributed by atoms with E-state index in [9.17, 15) is 14.4 Å². The summed E-state index contributed by atoms with van der Waals surface area (Å²) < 4.78 is 0. The molecule has 0 radical (unpaired) electrons. The zero-order valence-corrected chi connectivity index (χ0v) is 15.0. The Morgan fingerprint density at radius 3 is 2.65 bits per heavy atom. The first-order valence-corrected chi connectivity index (χ1v) is 9.35. The summed E-state index contributed by atoms with van der Waals surface area (Å²) in [4.78, 5) is 39.5. The van der Waals surface area contributed by atoms with Crippen LogP contribution in [-0.2, 0) is 20.9 Å². The van der Waals surface area contributed by atoms with Crippen LogP contribution in [0, 0.1) is 11.8 Å². The lowest BCUT2D eigenvalue weighted by atomic mass is 9.92. The number of hydrogen-bond donors (Lipinski definition) is 1. The molecule has 6 heteroatoms. The molecule has 3 rings (SSSR count). The van der Waals surface area contributed by atoms with E-state index >= 15 is 0 Å². The fourth-order valence-corrected chi connectivity index (χ4v) is 3.98. The maximum Gasteiger partial charge on any atom is 0.303 e. The molecule has 2 saturated heterocycles. The Hall–Kier alpha value is -2.37. The van der Waals surface area contributed by atoms with E-state index < -0.39 is 5.97 Å². The molecule has 0 spiro atoms. The van der Waals surface area contributed by atoms with Gasteiger partial charge >= 0.3 is 5.97 Å². The molecular formula is C20H26N2O4. The molecule has 2 atom stereocenters. The van der Waals surface area contributed by atoms with Crippen LogP contribution in [0.1, 0.15) is 37.7 Å². The number of nitrogens with zero attached hydrogens (tertiary/aromatic N) is 2. The van der Waals surface area contributed by atoms with E-state index in [1.807, 2.05) is 35.2 Å². The van der Waals surface area contributed by atoms with E-state index in [0.717, 1.165) is 18.4 Å². The van der Waals surface area contributed by atoms with Crippen molar-refractivity contribution in [2.45, 2.75) is 38.6 Å². The number of rotatable bonds is 6. The molecule has 0 aromatic heterocycles. The van der Waals surface area contributed by atoms with Crippen molar-refractivity contribution in [1.82, 2.24) is 9.80 Å². The van der Waals surface area contributed by atoms with Crippen LogP contribution in [0.2, 0.25) is 0 Å². The van der Waals surface area contributed by atoms with Crippen molar-refractivity contribution in [3.63, 3.8) is 0 Å². The molecule has 0 unspecified atom stereocenters. The normalized spacial score (nSPS) is 23.3. The molecule has 26 heavy (non-hydrogen) atoms. The summed E-state index contributed by atoms with van der Waals surface area (Å²) in [6.07, 6.45) is 2.93. The predicted octanol–water partition coefficient (Wildman–Crippen LogP) is 2.14. The van der Waals surface area contributed by atoms with Gasteiger partial charge in [-0.1, -0.05) is 30.3 Å². The van der Waals surface area contributed by atoms with Crippen molar-refractivity contribution in [1.29, 1.82) is 0 Å². The topological polar surface area (TPSA) is 77.9 Å². The van der Waals surface area contributed by atoms with Gasteiger partial charge in [0.05, 0.1) is 5.92 Å². The smallest absolute Gasteiger partial charge is 0.303 e. The standard InChI is InChI=1S/C20H26N2O4/c23-18-11-17(14-22(18)13-15-5-2-1-3-6-15)20(26)21-10-4-7-16(12-21)8-9-19(24)25/h1-3,5-6,16-17H,4,7-14H2,(H,24,25)/t16-,17+/m1/s1. The van der Waals surface area contributed by atoms with Crippen LogP contribution in [0.25, 0.3) is 0 Å². The highest BCUT2D eigenvalue weighted by atomic mass is 16.4. The maximum absolute atomic E-state index is 12.9. The third-order valence-corrected chi connectivity index (χ3v) is 5.38. The van der Waals surface area contributed by atoms with Gasteiger partial charge < -0.3 is 14.9 Å². The summed E-state index contributed by atoms with van der Waals surface area (Å²) in [5.74, 6) is -0.724. The second-order valence-electron chi connectivity index (χ2n) is 7.39. The number of carboxylic acid groups (broad SMARTS) is 1. The monoisotopic (exact) mass is 358 g/mol. The molecule has 0 saturated carbocycles. The highest BCUT2D eigenvalue weighted by Crippen LogP contribution is 2.26. The molecule has 2 aliphatic heterocycles. The largest absolute Gasteiger partial charge is 0.481 e. The van der Waals surface area contributed by atoms with Crippen LogP contribution in [0.5, 0.6) is 0 Å². The average Bonchev–Trinajstić information content (AvgIpc) is 3.01. The van der Waals surface area contributed by atoms with E-state index in [-0.39, 0.29) is 36.5 Å². The second kappa shape index (κ2) is 8.34. The third-order valence-electron chi connectivity index (χ3n) is 5.38. The Morgan fingerprint density at radius 1 is 1.15 bits per heavy atom. The number of likely N-dealkylation sites (tertiary alicyclic amines) is 2. The Bertz CT molecular complexity index is 661. The van der Waals surface area contributed by atoms with Gasteiger partial charge in [0, 0.05) is 39.0 Å². The lowest BCUT2D eigenvalue weighted by molar-refractivity contribution is -0.138. The van der Waals surface area contributed by atoms with Crippen molar-refractivity contribution >= 4 is 17.8 Å². The number of carbonyl (C=O) groups is 3. The van der Waals surface area contributed by atoms with Gasteiger partial charge in [-0.2, -0.15) is 0 Å². The van der Waals surface area contributed by atoms with Gasteiger partial charge in [0.2, 0.25) is 11.8 Å². The number of aliphatic carboxylic acids is 1. The van der Waals surface area contributed by atoms with Crippen molar-refractivity contribution in [2.24, 2.45) is 11.8 Å². The van der Waals surface area contributed by atoms with Gasteiger partial charge in [-0.05, 0) is 30.7 Å². The van der Waals surface area contributed by atoms with Crippen LogP contribution in [0.3, 0.4) is 0 Å². The van der Waals surface area contributed by atoms with Gasteiger partial charge in [-0.15, -0.1) is 0 Å². The van der Waals surface area contributed by atoms with Crippen LogP contribution < -0.4 is 0 Å².